The van der Waals surface area contributed by atoms with Crippen molar-refractivity contribution in [3.63, 3.8) is 0 Å². The summed E-state index contributed by atoms with van der Waals surface area (Å²) in [6.45, 7) is 7.14. The number of benzene rings is 2. The number of morpholine rings is 1. The second-order valence-electron chi connectivity index (χ2n) is 8.15. The van der Waals surface area contributed by atoms with Gasteiger partial charge in [-0.05, 0) is 29.8 Å². The largest absolute Gasteiger partial charge is 0.378 e. The molecule has 146 valence electrons. The van der Waals surface area contributed by atoms with Gasteiger partial charge in [-0.2, -0.15) is 5.26 Å². The number of carbonyl (C=O) groups excluding carboxylic acids is 1. The number of fused-ring (bicyclic) bond motifs is 4. The lowest BCUT2D eigenvalue weighted by molar-refractivity contribution is 0.103. The van der Waals surface area contributed by atoms with Crippen LogP contribution in [0.2, 0.25) is 5.02 Å². The van der Waals surface area contributed by atoms with E-state index < -0.39 is 5.41 Å². The maximum atomic E-state index is 13.5. The third-order valence-electron chi connectivity index (χ3n) is 6.14. The van der Waals surface area contributed by atoms with E-state index in [1.165, 1.54) is 0 Å². The third kappa shape index (κ3) is 2.60. The van der Waals surface area contributed by atoms with Crippen molar-refractivity contribution >= 4 is 34.0 Å². The summed E-state index contributed by atoms with van der Waals surface area (Å²) in [5.41, 5.74) is 5.09. The molecule has 2 heterocycles. The highest BCUT2D eigenvalue weighted by atomic mass is 35.5. The highest BCUT2D eigenvalue weighted by Gasteiger charge is 2.40. The number of nitrogens with one attached hydrogen (secondary N) is 1. The summed E-state index contributed by atoms with van der Waals surface area (Å²) in [5, 5.41) is 10.7. The van der Waals surface area contributed by atoms with E-state index in [2.05, 4.69) is 35.9 Å². The van der Waals surface area contributed by atoms with Crippen LogP contribution in [0.3, 0.4) is 0 Å². The molecule has 0 spiro atoms. The van der Waals surface area contributed by atoms with Crippen LogP contribution in [0.4, 0.5) is 5.69 Å². The van der Waals surface area contributed by atoms with E-state index in [4.69, 9.17) is 16.3 Å². The van der Waals surface area contributed by atoms with Gasteiger partial charge < -0.3 is 14.6 Å². The molecule has 1 saturated heterocycles. The van der Waals surface area contributed by atoms with Crippen LogP contribution in [0, 0.1) is 11.3 Å². The van der Waals surface area contributed by atoms with Gasteiger partial charge in [0.25, 0.3) is 0 Å². The van der Waals surface area contributed by atoms with Crippen molar-refractivity contribution in [2.24, 2.45) is 0 Å². The van der Waals surface area contributed by atoms with Gasteiger partial charge in [0.15, 0.2) is 5.78 Å². The fraction of sp³-hybridized carbons (Fsp3) is 0.304. The lowest BCUT2D eigenvalue weighted by Crippen LogP contribution is -2.37. The van der Waals surface area contributed by atoms with E-state index >= 15 is 0 Å². The topological polar surface area (TPSA) is 69.1 Å². The quantitative estimate of drug-likeness (QED) is 0.651. The Morgan fingerprint density at radius 1 is 1.21 bits per heavy atom. The number of nitrogens with zero attached hydrogens (tertiary/aromatic N) is 2. The Hall–Kier alpha value is -2.81. The SMILES string of the molecule is CC1(C)c2cc(N3CCOCC3)c(Cl)cc2C(=O)c2c1[nH]c1cc(C#N)ccc21. The van der Waals surface area contributed by atoms with Crippen LogP contribution in [-0.4, -0.2) is 37.1 Å². The molecule has 1 N–H and O–H groups in total. The Bertz CT molecular complexity index is 1210. The zero-order valence-corrected chi connectivity index (χ0v) is 17.1. The number of ether oxygens (including phenoxy) is 1. The average molecular weight is 406 g/mol. The number of H-pyrrole nitrogens is 1. The highest BCUT2D eigenvalue weighted by Crippen LogP contribution is 2.46. The minimum atomic E-state index is -0.407. The summed E-state index contributed by atoms with van der Waals surface area (Å²) in [7, 11) is 0. The monoisotopic (exact) mass is 405 g/mol. The van der Waals surface area contributed by atoms with Gasteiger partial charge in [-0.3, -0.25) is 4.79 Å². The van der Waals surface area contributed by atoms with Crippen LogP contribution in [-0.2, 0) is 10.2 Å². The Labute approximate surface area is 173 Å². The van der Waals surface area contributed by atoms with Gasteiger partial charge in [-0.1, -0.05) is 31.5 Å². The first kappa shape index (κ1) is 18.2. The normalized spacial score (nSPS) is 17.7. The predicted octanol–water partition coefficient (Wildman–Crippen LogP) is 4.40. The number of aromatic amines is 1. The van der Waals surface area contributed by atoms with Gasteiger partial charge in [-0.25, -0.2) is 0 Å². The molecule has 1 aliphatic carbocycles. The first-order valence-electron chi connectivity index (χ1n) is 9.69. The molecule has 0 amide bonds. The van der Waals surface area contributed by atoms with Crippen LogP contribution in [0.5, 0.6) is 0 Å². The average Bonchev–Trinajstić information content (AvgIpc) is 3.12. The minimum absolute atomic E-state index is 0.0271. The molecule has 2 aromatic carbocycles. The number of ketones is 1. The molecular formula is C23H20ClN3O2. The molecule has 0 bridgehead atoms. The van der Waals surface area contributed by atoms with Crippen LogP contribution in [0.1, 0.15) is 46.6 Å². The van der Waals surface area contributed by atoms with Crippen LogP contribution < -0.4 is 4.90 Å². The lowest BCUT2D eigenvalue weighted by atomic mass is 9.71. The molecule has 6 heteroatoms. The fourth-order valence-corrected chi connectivity index (χ4v) is 4.84. The molecule has 3 aromatic rings. The molecule has 1 aliphatic heterocycles. The second-order valence-corrected chi connectivity index (χ2v) is 8.56. The number of carbonyl (C=O) groups is 1. The third-order valence-corrected chi connectivity index (χ3v) is 6.44. The van der Waals surface area contributed by atoms with Crippen molar-refractivity contribution in [2.75, 3.05) is 31.2 Å². The zero-order chi connectivity index (χ0) is 20.3. The molecule has 0 unspecified atom stereocenters. The molecule has 2 aliphatic rings. The Morgan fingerprint density at radius 3 is 2.69 bits per heavy atom. The molecule has 5 rings (SSSR count). The highest BCUT2D eigenvalue weighted by molar-refractivity contribution is 6.34. The molecule has 0 saturated carbocycles. The van der Waals surface area contributed by atoms with Crippen molar-refractivity contribution in [2.45, 2.75) is 19.3 Å². The first-order valence-corrected chi connectivity index (χ1v) is 10.1. The van der Waals surface area contributed by atoms with E-state index in [0.29, 0.717) is 34.9 Å². The van der Waals surface area contributed by atoms with E-state index in [-0.39, 0.29) is 5.78 Å². The van der Waals surface area contributed by atoms with Gasteiger partial charge in [0, 0.05) is 40.7 Å². The predicted molar refractivity (Wildman–Crippen MR) is 113 cm³/mol. The number of hydrogen-bond acceptors (Lipinski definition) is 4. The fourth-order valence-electron chi connectivity index (χ4n) is 4.55. The zero-order valence-electron chi connectivity index (χ0n) is 16.3. The Balaban J connectivity index is 1.72. The number of anilines is 1. The summed E-state index contributed by atoms with van der Waals surface area (Å²) < 4.78 is 5.46. The van der Waals surface area contributed by atoms with Crippen molar-refractivity contribution in [3.05, 3.63) is 63.3 Å². The summed E-state index contributed by atoms with van der Waals surface area (Å²) in [6, 6.07) is 11.4. The standard InChI is InChI=1S/C23H20ClN3O2/c1-23(2)16-11-19(27-5-7-29-8-6-27)17(24)10-15(16)21(28)20-14-4-3-13(12-25)9-18(14)26-22(20)23/h3-4,9-11,26H,5-8H2,1-2H3. The smallest absolute Gasteiger partial charge is 0.195 e. The summed E-state index contributed by atoms with van der Waals surface area (Å²) in [6.07, 6.45) is 0. The van der Waals surface area contributed by atoms with E-state index in [9.17, 15) is 10.1 Å². The first-order chi connectivity index (χ1) is 13.9. The molecule has 1 fully saturated rings. The molecule has 29 heavy (non-hydrogen) atoms. The second kappa shape index (κ2) is 6.35. The van der Waals surface area contributed by atoms with E-state index in [1.54, 1.807) is 12.1 Å². The number of hydrogen-bond donors (Lipinski definition) is 1. The van der Waals surface area contributed by atoms with Gasteiger partial charge >= 0.3 is 0 Å². The number of aromatic nitrogens is 1. The Kier molecular flexibility index (Phi) is 3.99. The van der Waals surface area contributed by atoms with Crippen LogP contribution in [0.25, 0.3) is 10.9 Å². The van der Waals surface area contributed by atoms with Crippen molar-refractivity contribution < 1.29 is 9.53 Å². The molecule has 1 aromatic heterocycles. The van der Waals surface area contributed by atoms with E-state index in [1.807, 2.05) is 12.1 Å². The number of halogens is 1. The van der Waals surface area contributed by atoms with Gasteiger partial charge in [-0.15, -0.1) is 0 Å². The molecule has 0 atom stereocenters. The summed E-state index contributed by atoms with van der Waals surface area (Å²) in [5.74, 6) is -0.0271. The molecular weight excluding hydrogens is 386 g/mol. The van der Waals surface area contributed by atoms with Gasteiger partial charge in [0.1, 0.15) is 0 Å². The summed E-state index contributed by atoms with van der Waals surface area (Å²) >= 11 is 6.63. The number of rotatable bonds is 1. The minimum Gasteiger partial charge on any atom is -0.378 e. The van der Waals surface area contributed by atoms with Crippen molar-refractivity contribution in [1.82, 2.24) is 4.98 Å². The number of nitriles is 1. The summed E-state index contributed by atoms with van der Waals surface area (Å²) in [4.78, 5) is 19.1. The van der Waals surface area contributed by atoms with Crippen molar-refractivity contribution in [3.8, 4) is 6.07 Å². The lowest BCUT2D eigenvalue weighted by Gasteiger charge is -2.35. The van der Waals surface area contributed by atoms with Crippen LogP contribution in [0.15, 0.2) is 30.3 Å². The van der Waals surface area contributed by atoms with Crippen molar-refractivity contribution in [1.29, 1.82) is 5.26 Å². The molecule has 5 nitrogen and oxygen atoms in total. The Morgan fingerprint density at radius 2 is 1.97 bits per heavy atom. The molecule has 0 radical (unpaired) electrons. The maximum absolute atomic E-state index is 13.5. The van der Waals surface area contributed by atoms with Crippen LogP contribution >= 0.6 is 11.6 Å². The van der Waals surface area contributed by atoms with Gasteiger partial charge in [0.05, 0.1) is 41.1 Å². The van der Waals surface area contributed by atoms with Gasteiger partial charge in [0.2, 0.25) is 0 Å². The maximum Gasteiger partial charge on any atom is 0.195 e. The van der Waals surface area contributed by atoms with E-state index in [0.717, 1.165) is 40.9 Å².